The summed E-state index contributed by atoms with van der Waals surface area (Å²) in [6.45, 7) is 2.50. The van der Waals surface area contributed by atoms with Crippen molar-refractivity contribution in [3.8, 4) is 0 Å². The van der Waals surface area contributed by atoms with Gasteiger partial charge in [0.05, 0.1) is 12.2 Å². The van der Waals surface area contributed by atoms with Gasteiger partial charge in [-0.05, 0) is 31.9 Å². The van der Waals surface area contributed by atoms with Crippen molar-refractivity contribution in [3.63, 3.8) is 0 Å². The number of nitrogens with one attached hydrogen (secondary N) is 1. The number of ether oxygens (including phenoxy) is 1. The molecule has 1 aliphatic heterocycles. The quantitative estimate of drug-likeness (QED) is 0.866. The van der Waals surface area contributed by atoms with Crippen molar-refractivity contribution in [1.29, 1.82) is 0 Å². The molecule has 1 N–H and O–H groups in total. The third-order valence-corrected chi connectivity index (χ3v) is 3.65. The fourth-order valence-corrected chi connectivity index (χ4v) is 2.43. The van der Waals surface area contributed by atoms with Crippen molar-refractivity contribution in [2.24, 2.45) is 0 Å². The molecule has 126 valence electrons. The smallest absolute Gasteiger partial charge is 0.407 e. The first-order valence-corrected chi connectivity index (χ1v) is 7.30. The lowest BCUT2D eigenvalue weighted by molar-refractivity contribution is 0.0696. The summed E-state index contributed by atoms with van der Waals surface area (Å²) in [6.07, 6.45) is 0.412. The van der Waals surface area contributed by atoms with E-state index in [2.05, 4.69) is 5.32 Å². The van der Waals surface area contributed by atoms with E-state index in [0.29, 0.717) is 12.8 Å². The van der Waals surface area contributed by atoms with Gasteiger partial charge in [0.25, 0.3) is 5.91 Å². The number of carbonyl (C=O) groups excluding carboxylic acids is 2. The number of hydrogen-bond acceptors (Lipinski definition) is 3. The number of carbonyl (C=O) groups is 2. The van der Waals surface area contributed by atoms with Crippen LogP contribution in [0.1, 0.15) is 30.1 Å². The van der Waals surface area contributed by atoms with Gasteiger partial charge in [-0.15, -0.1) is 0 Å². The molecule has 0 aromatic heterocycles. The second-order valence-corrected chi connectivity index (χ2v) is 5.15. The fraction of sp³-hybridized carbons (Fsp3) is 0.467. The highest BCUT2D eigenvalue weighted by Gasteiger charge is 2.27. The Balaban J connectivity index is 1.96. The van der Waals surface area contributed by atoms with Crippen LogP contribution in [-0.2, 0) is 4.74 Å². The molecule has 2 amide bonds. The van der Waals surface area contributed by atoms with Crippen LogP contribution in [-0.4, -0.2) is 42.6 Å². The molecular weight excluding hydrogens is 313 g/mol. The van der Waals surface area contributed by atoms with Crippen molar-refractivity contribution >= 4 is 12.0 Å². The normalized spacial score (nSPS) is 15.4. The summed E-state index contributed by atoms with van der Waals surface area (Å²) in [5, 5.41) is 2.66. The standard InChI is InChI=1S/C15H17F3N2O3/c1-2-23-15(22)19-9-5-7-20(8-6-9)14(21)10-3-4-11(16)13(18)12(10)17/h3-4,9H,2,5-8H2,1H3,(H,19,22). The molecule has 0 bridgehead atoms. The zero-order valence-corrected chi connectivity index (χ0v) is 12.6. The molecule has 8 heteroatoms. The van der Waals surface area contributed by atoms with E-state index in [-0.39, 0.29) is 25.7 Å². The van der Waals surface area contributed by atoms with Gasteiger partial charge >= 0.3 is 6.09 Å². The Kier molecular flexibility index (Phi) is 5.46. The van der Waals surface area contributed by atoms with Crippen molar-refractivity contribution in [2.75, 3.05) is 19.7 Å². The molecule has 1 aromatic rings. The predicted octanol–water partition coefficient (Wildman–Crippen LogP) is 2.45. The van der Waals surface area contributed by atoms with E-state index in [1.165, 1.54) is 4.90 Å². The zero-order valence-electron chi connectivity index (χ0n) is 12.6. The Morgan fingerprint density at radius 2 is 1.87 bits per heavy atom. The molecule has 0 spiro atoms. The van der Waals surface area contributed by atoms with E-state index >= 15 is 0 Å². The molecule has 2 rings (SSSR count). The number of alkyl carbamates (subject to hydrolysis) is 1. The van der Waals surface area contributed by atoms with Crippen LogP contribution in [0.25, 0.3) is 0 Å². The number of benzene rings is 1. The van der Waals surface area contributed by atoms with Crippen LogP contribution in [0.2, 0.25) is 0 Å². The lowest BCUT2D eigenvalue weighted by Crippen LogP contribution is -2.46. The Bertz CT molecular complexity index is 602. The highest BCUT2D eigenvalue weighted by atomic mass is 19.2. The number of hydrogen-bond donors (Lipinski definition) is 1. The van der Waals surface area contributed by atoms with Gasteiger partial charge in [-0.3, -0.25) is 4.79 Å². The highest BCUT2D eigenvalue weighted by Crippen LogP contribution is 2.19. The molecule has 0 radical (unpaired) electrons. The number of likely N-dealkylation sites (tertiary alicyclic amines) is 1. The second-order valence-electron chi connectivity index (χ2n) is 5.15. The SMILES string of the molecule is CCOC(=O)NC1CCN(C(=O)c2ccc(F)c(F)c2F)CC1. The molecule has 1 aliphatic rings. The molecule has 0 unspecified atom stereocenters. The molecule has 1 heterocycles. The van der Waals surface area contributed by atoms with Gasteiger partial charge in [0, 0.05) is 19.1 Å². The fourth-order valence-electron chi connectivity index (χ4n) is 2.43. The number of nitrogens with zero attached hydrogens (tertiary/aromatic N) is 1. The lowest BCUT2D eigenvalue weighted by Gasteiger charge is -2.32. The van der Waals surface area contributed by atoms with E-state index < -0.39 is 35.0 Å². The molecule has 1 aromatic carbocycles. The van der Waals surface area contributed by atoms with E-state index in [1.54, 1.807) is 6.92 Å². The third-order valence-electron chi connectivity index (χ3n) is 3.65. The molecule has 1 saturated heterocycles. The largest absolute Gasteiger partial charge is 0.450 e. The summed E-state index contributed by atoms with van der Waals surface area (Å²) < 4.78 is 44.6. The van der Waals surface area contributed by atoms with E-state index in [9.17, 15) is 22.8 Å². The van der Waals surface area contributed by atoms with Crippen LogP contribution in [0.15, 0.2) is 12.1 Å². The topological polar surface area (TPSA) is 58.6 Å². The third kappa shape index (κ3) is 3.94. The zero-order chi connectivity index (χ0) is 17.0. The molecule has 23 heavy (non-hydrogen) atoms. The number of rotatable bonds is 3. The molecular formula is C15H17F3N2O3. The van der Waals surface area contributed by atoms with Crippen LogP contribution < -0.4 is 5.32 Å². The molecule has 0 atom stereocenters. The second kappa shape index (κ2) is 7.34. The van der Waals surface area contributed by atoms with Gasteiger partial charge in [-0.25, -0.2) is 18.0 Å². The minimum atomic E-state index is -1.66. The summed E-state index contributed by atoms with van der Waals surface area (Å²) in [4.78, 5) is 24.9. The summed E-state index contributed by atoms with van der Waals surface area (Å²) >= 11 is 0. The van der Waals surface area contributed by atoms with Crippen molar-refractivity contribution in [2.45, 2.75) is 25.8 Å². The maximum Gasteiger partial charge on any atom is 0.407 e. The monoisotopic (exact) mass is 330 g/mol. The maximum atomic E-state index is 13.7. The van der Waals surface area contributed by atoms with Crippen molar-refractivity contribution in [1.82, 2.24) is 10.2 Å². The van der Waals surface area contributed by atoms with Gasteiger partial charge in [0.1, 0.15) is 0 Å². The number of halogens is 3. The van der Waals surface area contributed by atoms with Crippen LogP contribution in [0, 0.1) is 17.5 Å². The Morgan fingerprint density at radius 3 is 2.48 bits per heavy atom. The van der Waals surface area contributed by atoms with Gasteiger partial charge in [0.15, 0.2) is 17.5 Å². The lowest BCUT2D eigenvalue weighted by atomic mass is 10.0. The summed E-state index contributed by atoms with van der Waals surface area (Å²) in [7, 11) is 0. The summed E-state index contributed by atoms with van der Waals surface area (Å²) in [5.74, 6) is -5.18. The van der Waals surface area contributed by atoms with E-state index in [4.69, 9.17) is 4.74 Å². The summed E-state index contributed by atoms with van der Waals surface area (Å²) in [6, 6.07) is 1.51. The van der Waals surface area contributed by atoms with E-state index in [1.807, 2.05) is 0 Å². The van der Waals surface area contributed by atoms with Crippen LogP contribution in [0.5, 0.6) is 0 Å². The first-order valence-electron chi connectivity index (χ1n) is 7.30. The van der Waals surface area contributed by atoms with Crippen LogP contribution >= 0.6 is 0 Å². The first-order chi connectivity index (χ1) is 10.9. The Hall–Kier alpha value is -2.25. The average Bonchev–Trinajstić information content (AvgIpc) is 2.53. The van der Waals surface area contributed by atoms with Crippen LogP contribution in [0.3, 0.4) is 0 Å². The van der Waals surface area contributed by atoms with Crippen molar-refractivity contribution < 1.29 is 27.5 Å². The first kappa shape index (κ1) is 17.1. The van der Waals surface area contributed by atoms with Gasteiger partial charge < -0.3 is 15.0 Å². The Labute approximate surface area is 131 Å². The Morgan fingerprint density at radius 1 is 1.22 bits per heavy atom. The minimum absolute atomic E-state index is 0.145. The van der Waals surface area contributed by atoms with Gasteiger partial charge in [-0.2, -0.15) is 0 Å². The minimum Gasteiger partial charge on any atom is -0.450 e. The average molecular weight is 330 g/mol. The molecule has 0 saturated carbocycles. The summed E-state index contributed by atoms with van der Waals surface area (Å²) in [5.41, 5.74) is -0.499. The number of amides is 2. The van der Waals surface area contributed by atoms with Gasteiger partial charge in [0.2, 0.25) is 0 Å². The van der Waals surface area contributed by atoms with E-state index in [0.717, 1.165) is 12.1 Å². The molecule has 5 nitrogen and oxygen atoms in total. The maximum absolute atomic E-state index is 13.7. The molecule has 1 fully saturated rings. The predicted molar refractivity (Wildman–Crippen MR) is 75.4 cm³/mol. The van der Waals surface area contributed by atoms with Crippen molar-refractivity contribution in [3.05, 3.63) is 35.1 Å². The van der Waals surface area contributed by atoms with Crippen LogP contribution in [0.4, 0.5) is 18.0 Å². The number of piperidine rings is 1. The highest BCUT2D eigenvalue weighted by molar-refractivity contribution is 5.94. The van der Waals surface area contributed by atoms with Gasteiger partial charge in [-0.1, -0.05) is 0 Å². The molecule has 0 aliphatic carbocycles.